The Labute approximate surface area is 204 Å². The van der Waals surface area contributed by atoms with E-state index < -0.39 is 5.60 Å². The van der Waals surface area contributed by atoms with Crippen LogP contribution in [0.5, 0.6) is 0 Å². The fraction of sp³-hybridized carbons (Fsp3) is 0.935. The zero-order chi connectivity index (χ0) is 23.6. The Bertz CT molecular complexity index is 761. The third-order valence-electron chi connectivity index (χ3n) is 12.0. The summed E-state index contributed by atoms with van der Waals surface area (Å²) in [7, 11) is 0. The number of hydrogen-bond acceptors (Lipinski definition) is 2. The average Bonchev–Trinajstić information content (AvgIpc) is 3.06. The fourth-order valence-corrected chi connectivity index (χ4v) is 10.1. The van der Waals surface area contributed by atoms with Crippen LogP contribution in [0.4, 0.5) is 0 Å². The van der Waals surface area contributed by atoms with E-state index in [0.29, 0.717) is 16.7 Å². The van der Waals surface area contributed by atoms with Crippen molar-refractivity contribution in [3.05, 3.63) is 11.1 Å². The van der Waals surface area contributed by atoms with E-state index in [-0.39, 0.29) is 6.10 Å². The minimum atomic E-state index is -0.517. The summed E-state index contributed by atoms with van der Waals surface area (Å²) in [5, 5.41) is 22.4. The van der Waals surface area contributed by atoms with Crippen molar-refractivity contribution in [1.29, 1.82) is 0 Å². The van der Waals surface area contributed by atoms with Crippen molar-refractivity contribution in [3.63, 3.8) is 0 Å². The smallest absolute Gasteiger partial charge is 0.0653 e. The average molecular weight is 457 g/mol. The fourth-order valence-electron chi connectivity index (χ4n) is 10.1. The maximum Gasteiger partial charge on any atom is 0.0653 e. The summed E-state index contributed by atoms with van der Waals surface area (Å²) in [6.45, 7) is 12.0. The van der Waals surface area contributed by atoms with Gasteiger partial charge in [0.2, 0.25) is 0 Å². The lowest BCUT2D eigenvalue weighted by Crippen LogP contribution is -2.54. The Morgan fingerprint density at radius 1 is 0.970 bits per heavy atom. The molecule has 0 heterocycles. The molecule has 0 radical (unpaired) electrons. The van der Waals surface area contributed by atoms with Crippen molar-refractivity contribution in [2.75, 3.05) is 0 Å². The van der Waals surface area contributed by atoms with E-state index in [1.165, 1.54) is 64.2 Å². The highest BCUT2D eigenvalue weighted by molar-refractivity contribution is 5.33. The van der Waals surface area contributed by atoms with Crippen LogP contribution in [-0.2, 0) is 0 Å². The first kappa shape index (κ1) is 24.4. The van der Waals surface area contributed by atoms with Gasteiger partial charge in [0.05, 0.1) is 11.7 Å². The predicted molar refractivity (Wildman–Crippen MR) is 137 cm³/mol. The highest BCUT2D eigenvalue weighted by Crippen LogP contribution is 2.69. The summed E-state index contributed by atoms with van der Waals surface area (Å²) in [4.78, 5) is 0. The SMILES string of the molecule is CC(C)CCCC(C)(O)C1CCC2C3CC(C4CCC4)=C4CC(O)CCC4(C)C3CCC21C. The van der Waals surface area contributed by atoms with E-state index in [1.807, 2.05) is 0 Å². The number of fused-ring (bicyclic) bond motifs is 5. The number of aliphatic hydroxyl groups is 2. The minimum absolute atomic E-state index is 0.106. The Morgan fingerprint density at radius 3 is 2.39 bits per heavy atom. The highest BCUT2D eigenvalue weighted by Gasteiger charge is 2.62. The summed E-state index contributed by atoms with van der Waals surface area (Å²) in [5.41, 5.74) is 3.63. The van der Waals surface area contributed by atoms with Crippen LogP contribution >= 0.6 is 0 Å². The first-order chi connectivity index (χ1) is 15.6. The third kappa shape index (κ3) is 3.98. The maximum atomic E-state index is 11.7. The van der Waals surface area contributed by atoms with Gasteiger partial charge in [-0.2, -0.15) is 0 Å². The van der Waals surface area contributed by atoms with Crippen molar-refractivity contribution < 1.29 is 10.2 Å². The number of rotatable bonds is 6. The Balaban J connectivity index is 1.42. The molecule has 0 amide bonds. The van der Waals surface area contributed by atoms with Gasteiger partial charge >= 0.3 is 0 Å². The molecule has 4 saturated carbocycles. The third-order valence-corrected chi connectivity index (χ3v) is 12.0. The van der Waals surface area contributed by atoms with Crippen LogP contribution in [0.3, 0.4) is 0 Å². The first-order valence-electron chi connectivity index (χ1n) is 14.7. The van der Waals surface area contributed by atoms with E-state index in [2.05, 4.69) is 34.6 Å². The monoisotopic (exact) mass is 456 g/mol. The molecule has 8 unspecified atom stereocenters. The van der Waals surface area contributed by atoms with Gasteiger partial charge in [-0.3, -0.25) is 0 Å². The molecule has 0 aromatic heterocycles. The van der Waals surface area contributed by atoms with Crippen molar-refractivity contribution in [3.8, 4) is 0 Å². The molecule has 4 fully saturated rings. The van der Waals surface area contributed by atoms with Crippen LogP contribution in [-0.4, -0.2) is 21.9 Å². The molecule has 2 N–H and O–H groups in total. The number of hydrogen-bond donors (Lipinski definition) is 2. The van der Waals surface area contributed by atoms with Crippen molar-refractivity contribution in [2.45, 2.75) is 136 Å². The van der Waals surface area contributed by atoms with Gasteiger partial charge in [-0.1, -0.05) is 58.1 Å². The van der Waals surface area contributed by atoms with Crippen molar-refractivity contribution in [1.82, 2.24) is 0 Å². The molecule has 0 bridgehead atoms. The normalized spacial score (nSPS) is 45.3. The first-order valence-corrected chi connectivity index (χ1v) is 14.7. The van der Waals surface area contributed by atoms with Crippen molar-refractivity contribution in [2.24, 2.45) is 46.3 Å². The zero-order valence-electron chi connectivity index (χ0n) is 22.3. The molecule has 188 valence electrons. The standard InChI is InChI=1S/C31H52O2/c1-20(2)8-7-15-31(5,33)28-12-11-25-24-19-23(21-9-6-10-21)27-18-22(32)13-16-29(27,3)26(24)14-17-30(25,28)4/h20-22,24-26,28,32-33H,6-19H2,1-5H3. The maximum absolute atomic E-state index is 11.7. The van der Waals surface area contributed by atoms with Gasteiger partial charge in [-0.15, -0.1) is 0 Å². The van der Waals surface area contributed by atoms with E-state index in [9.17, 15) is 10.2 Å². The second-order valence-corrected chi connectivity index (χ2v) is 14.3. The highest BCUT2D eigenvalue weighted by atomic mass is 16.3. The van der Waals surface area contributed by atoms with Crippen LogP contribution in [0.15, 0.2) is 11.1 Å². The second kappa shape index (κ2) is 8.65. The largest absolute Gasteiger partial charge is 0.393 e. The molecule has 2 nitrogen and oxygen atoms in total. The molecular formula is C31H52O2. The number of aliphatic hydroxyl groups excluding tert-OH is 1. The molecule has 0 aliphatic heterocycles. The Morgan fingerprint density at radius 2 is 1.73 bits per heavy atom. The van der Waals surface area contributed by atoms with E-state index in [4.69, 9.17) is 0 Å². The topological polar surface area (TPSA) is 40.5 Å². The van der Waals surface area contributed by atoms with Crippen LogP contribution in [0.25, 0.3) is 0 Å². The summed E-state index contributed by atoms with van der Waals surface area (Å²) in [5.74, 6) is 4.38. The Kier molecular flexibility index (Phi) is 6.38. The van der Waals surface area contributed by atoms with Gasteiger partial charge in [0.25, 0.3) is 0 Å². The zero-order valence-corrected chi connectivity index (χ0v) is 22.3. The molecule has 2 heteroatoms. The van der Waals surface area contributed by atoms with E-state index in [0.717, 1.165) is 55.3 Å². The molecule has 0 spiro atoms. The van der Waals surface area contributed by atoms with E-state index >= 15 is 0 Å². The molecule has 0 aromatic rings. The van der Waals surface area contributed by atoms with Gasteiger partial charge in [0.15, 0.2) is 0 Å². The second-order valence-electron chi connectivity index (χ2n) is 14.3. The lowest BCUT2D eigenvalue weighted by molar-refractivity contribution is -0.107. The Hall–Kier alpha value is -0.340. The molecule has 8 atom stereocenters. The summed E-state index contributed by atoms with van der Waals surface area (Å²) in [6, 6.07) is 0. The molecule has 0 aromatic carbocycles. The van der Waals surface area contributed by atoms with Gasteiger partial charge in [0, 0.05) is 0 Å². The number of allylic oxidation sites excluding steroid dienone is 1. The molecule has 5 aliphatic rings. The van der Waals surface area contributed by atoms with Crippen LogP contribution < -0.4 is 0 Å². The van der Waals surface area contributed by atoms with Crippen LogP contribution in [0.1, 0.15) is 125 Å². The van der Waals surface area contributed by atoms with Gasteiger partial charge in [0.1, 0.15) is 0 Å². The molecular weight excluding hydrogens is 404 g/mol. The lowest BCUT2D eigenvalue weighted by Gasteiger charge is -2.60. The van der Waals surface area contributed by atoms with Crippen LogP contribution in [0.2, 0.25) is 0 Å². The van der Waals surface area contributed by atoms with Crippen molar-refractivity contribution >= 4 is 0 Å². The quantitative estimate of drug-likeness (QED) is 0.402. The molecule has 5 aliphatic carbocycles. The predicted octanol–water partition coefficient (Wildman–Crippen LogP) is 7.67. The molecule has 0 saturated heterocycles. The summed E-state index contributed by atoms with van der Waals surface area (Å²) < 4.78 is 0. The lowest BCUT2D eigenvalue weighted by atomic mass is 9.44. The summed E-state index contributed by atoms with van der Waals surface area (Å²) in [6.07, 6.45) is 17.1. The molecule has 33 heavy (non-hydrogen) atoms. The van der Waals surface area contributed by atoms with Gasteiger partial charge in [-0.25, -0.2) is 0 Å². The minimum Gasteiger partial charge on any atom is -0.393 e. The van der Waals surface area contributed by atoms with Gasteiger partial charge in [-0.05, 0) is 124 Å². The summed E-state index contributed by atoms with van der Waals surface area (Å²) >= 11 is 0. The molecule has 5 rings (SSSR count). The van der Waals surface area contributed by atoms with Crippen LogP contribution in [0, 0.1) is 46.3 Å². The van der Waals surface area contributed by atoms with Gasteiger partial charge < -0.3 is 10.2 Å². The van der Waals surface area contributed by atoms with E-state index in [1.54, 1.807) is 11.1 Å².